The largest absolute Gasteiger partial charge is 1.00 e. The molecule has 0 aliphatic carbocycles. The Labute approximate surface area is 243 Å². The molecule has 0 amide bonds. The van der Waals surface area contributed by atoms with E-state index in [9.17, 15) is 0 Å². The van der Waals surface area contributed by atoms with Gasteiger partial charge in [-0.3, -0.25) is 0 Å². The molecule has 0 N–H and O–H groups in total. The van der Waals surface area contributed by atoms with Gasteiger partial charge < -0.3 is 8.19 Å². The van der Waals surface area contributed by atoms with Crippen LogP contribution in [0, 0.1) is 27.7 Å². The standard InChI is InChI=1S/C28H46P3Si4.Li/c1-19-15-17-23(32(5,6)7)29-25(19)34(11,12)27-21(3)22(4)28(31-27)35(13,14)26-20(2)16-18-24(30-26)33(8,9)10;/h15-18H,1-14H3;/q-1;+1. The molecule has 190 valence electrons. The van der Waals surface area contributed by atoms with Crippen LogP contribution in [0.2, 0.25) is 65.5 Å². The Morgan fingerprint density at radius 3 is 1.11 bits per heavy atom. The fraction of sp³-hybridized carbons (Fsp3) is 0.500. The summed E-state index contributed by atoms with van der Waals surface area (Å²) in [6.07, 6.45) is 0. The number of rotatable bonds is 6. The number of hydrogen-bond donors (Lipinski definition) is 0. The maximum atomic E-state index is 2.64. The summed E-state index contributed by atoms with van der Waals surface area (Å²) in [6, 6.07) is 9.77. The molecule has 0 bridgehead atoms. The fourth-order valence-corrected chi connectivity index (χ4v) is 25.5. The van der Waals surface area contributed by atoms with Crippen molar-refractivity contribution in [2.24, 2.45) is 0 Å². The van der Waals surface area contributed by atoms with Crippen LogP contribution >= 0.6 is 24.6 Å². The van der Waals surface area contributed by atoms with Crippen LogP contribution in [0.1, 0.15) is 22.3 Å². The second-order valence-corrected chi connectivity index (χ2v) is 38.1. The Kier molecular flexibility index (Phi) is 10.2. The van der Waals surface area contributed by atoms with Crippen molar-refractivity contribution in [3.8, 4) is 0 Å². The van der Waals surface area contributed by atoms with E-state index in [0.717, 1.165) is 0 Å². The van der Waals surface area contributed by atoms with Gasteiger partial charge in [-0.2, -0.15) is 0 Å². The molecular weight excluding hydrogens is 549 g/mol. The third-order valence-corrected chi connectivity index (χ3v) is 33.1. The van der Waals surface area contributed by atoms with Gasteiger partial charge in [0.05, 0.1) is 32.3 Å². The molecule has 0 unspecified atom stereocenters. The van der Waals surface area contributed by atoms with Gasteiger partial charge in [0.2, 0.25) is 0 Å². The van der Waals surface area contributed by atoms with Crippen LogP contribution in [0.4, 0.5) is 0 Å². The maximum Gasteiger partial charge on any atom is 1.00 e. The molecule has 3 rings (SSSR count). The average molecular weight is 595 g/mol. The van der Waals surface area contributed by atoms with Crippen LogP contribution in [0.15, 0.2) is 24.3 Å². The van der Waals surface area contributed by atoms with Gasteiger partial charge in [0.25, 0.3) is 0 Å². The van der Waals surface area contributed by atoms with Crippen molar-refractivity contribution in [1.29, 1.82) is 0 Å². The smallest absolute Gasteiger partial charge is 0.532 e. The van der Waals surface area contributed by atoms with Crippen molar-refractivity contribution >= 4 is 86.4 Å². The first kappa shape index (κ1) is 32.8. The maximum absolute atomic E-state index is 2.64. The summed E-state index contributed by atoms with van der Waals surface area (Å²) in [5.74, 6) is 0. The quantitative estimate of drug-likeness (QED) is 0.377. The van der Waals surface area contributed by atoms with Gasteiger partial charge in [-0.15, -0.1) is 0 Å². The van der Waals surface area contributed by atoms with Crippen molar-refractivity contribution in [2.75, 3.05) is 0 Å². The SMILES string of the molecule is Cc1ccc([Si](C)(C)C)pc1[Si](C)(C)c1[p-]c([Si](C)(C)c2pc([Si](C)(C)C)ccc2C)c(C)c1C.[Li+]. The monoisotopic (exact) mass is 594 g/mol. The molecule has 0 spiro atoms. The molecule has 0 aliphatic heterocycles. The van der Waals surface area contributed by atoms with Crippen LogP contribution in [0.5, 0.6) is 0 Å². The minimum absolute atomic E-state index is 0. The molecule has 0 saturated heterocycles. The second-order valence-electron chi connectivity index (χ2n) is 13.5. The Morgan fingerprint density at radius 2 is 0.833 bits per heavy atom. The molecule has 0 fully saturated rings. The zero-order valence-electron chi connectivity index (χ0n) is 25.7. The summed E-state index contributed by atoms with van der Waals surface area (Å²) in [5.41, 5.74) is 6.31. The van der Waals surface area contributed by atoms with Gasteiger partial charge >= 0.3 is 18.9 Å². The summed E-state index contributed by atoms with van der Waals surface area (Å²) >= 11 is 0. The normalized spacial score (nSPS) is 13.7. The molecule has 3 aromatic heterocycles. The van der Waals surface area contributed by atoms with Crippen LogP contribution in [-0.4, -0.2) is 32.3 Å². The summed E-state index contributed by atoms with van der Waals surface area (Å²) in [5, 5.41) is 0. The Bertz CT molecular complexity index is 1170. The molecule has 3 aromatic rings. The van der Waals surface area contributed by atoms with E-state index in [1.165, 1.54) is 27.5 Å². The Hall–Kier alpha value is 0.545. The molecule has 8 heteroatoms. The van der Waals surface area contributed by atoms with Gasteiger partial charge in [-0.05, 0) is 58.5 Å². The molecule has 0 nitrogen and oxygen atoms in total. The van der Waals surface area contributed by atoms with Crippen molar-refractivity contribution in [1.82, 2.24) is 0 Å². The van der Waals surface area contributed by atoms with E-state index in [1.807, 2.05) is 0 Å². The van der Waals surface area contributed by atoms with Crippen LogP contribution in [-0.2, 0) is 0 Å². The average Bonchev–Trinajstić information content (AvgIpc) is 3.02. The van der Waals surface area contributed by atoms with Gasteiger partial charge in [-0.1, -0.05) is 117 Å². The minimum Gasteiger partial charge on any atom is -0.532 e. The van der Waals surface area contributed by atoms with E-state index in [2.05, 4.69) is 117 Å². The van der Waals surface area contributed by atoms with Gasteiger partial charge in [0, 0.05) is 0 Å². The van der Waals surface area contributed by atoms with Gasteiger partial charge in [0.15, 0.2) is 0 Å². The van der Waals surface area contributed by atoms with Crippen molar-refractivity contribution in [3.05, 3.63) is 46.5 Å². The predicted molar refractivity (Wildman–Crippen MR) is 181 cm³/mol. The Morgan fingerprint density at radius 1 is 0.528 bits per heavy atom. The third kappa shape index (κ3) is 6.30. The topological polar surface area (TPSA) is 0 Å². The van der Waals surface area contributed by atoms with E-state index in [-0.39, 0.29) is 18.9 Å². The second kappa shape index (κ2) is 11.2. The predicted octanol–water partition coefficient (Wildman–Crippen LogP) is 4.12. The van der Waals surface area contributed by atoms with Crippen molar-refractivity contribution in [2.45, 2.75) is 93.2 Å². The van der Waals surface area contributed by atoms with E-state index in [1.54, 1.807) is 48.8 Å². The van der Waals surface area contributed by atoms with Crippen molar-refractivity contribution in [3.63, 3.8) is 0 Å². The zero-order valence-corrected chi connectivity index (χ0v) is 32.3. The Balaban J connectivity index is 0.00000456. The summed E-state index contributed by atoms with van der Waals surface area (Å²) < 4.78 is 0. The third-order valence-electron chi connectivity index (χ3n) is 7.60. The fourth-order valence-electron chi connectivity index (χ4n) is 5.23. The van der Waals surface area contributed by atoms with Crippen LogP contribution in [0.3, 0.4) is 0 Å². The van der Waals surface area contributed by atoms with Crippen LogP contribution < -0.4 is 48.4 Å². The number of hydrogen-bond acceptors (Lipinski definition) is 0. The van der Waals surface area contributed by atoms with E-state index in [0.29, 0.717) is 0 Å². The first-order valence-electron chi connectivity index (χ1n) is 12.9. The first-order chi connectivity index (χ1) is 15.8. The summed E-state index contributed by atoms with van der Waals surface area (Å²) in [7, 11) is -1.49. The van der Waals surface area contributed by atoms with Gasteiger partial charge in [-0.25, -0.2) is 9.84 Å². The minimum atomic E-state index is -1.75. The molecular formula is C28H46LiP3Si4. The van der Waals surface area contributed by atoms with Gasteiger partial charge in [0.1, 0.15) is 0 Å². The van der Waals surface area contributed by atoms with E-state index >= 15 is 0 Å². The zero-order chi connectivity index (χ0) is 26.7. The molecule has 0 aliphatic rings. The van der Waals surface area contributed by atoms with E-state index in [4.69, 9.17) is 0 Å². The summed E-state index contributed by atoms with van der Waals surface area (Å²) in [4.78, 5) is 10.5. The van der Waals surface area contributed by atoms with Crippen molar-refractivity contribution < 1.29 is 18.9 Å². The first-order valence-corrected chi connectivity index (χ1v) is 28.6. The molecule has 0 saturated carbocycles. The molecule has 0 atom stereocenters. The van der Waals surface area contributed by atoms with E-state index < -0.39 is 32.3 Å². The molecule has 3 heterocycles. The molecule has 0 radical (unpaired) electrons. The molecule has 0 aromatic carbocycles. The molecule has 36 heavy (non-hydrogen) atoms. The number of aryl methyl sites for hydroxylation is 2. The van der Waals surface area contributed by atoms with Crippen LogP contribution in [0.25, 0.3) is 0 Å². The summed E-state index contributed by atoms with van der Waals surface area (Å²) in [6.45, 7) is 35.2.